The summed E-state index contributed by atoms with van der Waals surface area (Å²) in [6.45, 7) is 4.00. The maximum absolute atomic E-state index is 15.4. The Morgan fingerprint density at radius 1 is 0.623 bits per heavy atom. The van der Waals surface area contributed by atoms with Crippen LogP contribution in [-0.2, 0) is 35.1 Å². The molecule has 1 fully saturated rings. The zero-order valence-electron chi connectivity index (χ0n) is 41.6. The molecule has 2 amide bonds. The van der Waals surface area contributed by atoms with Crippen LogP contribution in [0.5, 0.6) is 0 Å². The fourth-order valence-corrected chi connectivity index (χ4v) is 12.2. The van der Waals surface area contributed by atoms with Gasteiger partial charge in [-0.05, 0) is 33.4 Å². The Labute approximate surface area is 455 Å². The van der Waals surface area contributed by atoms with Gasteiger partial charge in [0, 0.05) is 27.8 Å². The van der Waals surface area contributed by atoms with E-state index in [0.717, 1.165) is 44.5 Å². The number of thiazole rings is 1. The molecule has 2 atom stereocenters. The molecule has 0 saturated carbocycles. The van der Waals surface area contributed by atoms with Crippen molar-refractivity contribution in [3.8, 4) is 0 Å². The summed E-state index contributed by atoms with van der Waals surface area (Å²) in [5, 5.41) is 13.3. The Kier molecular flexibility index (Phi) is 14.6. The Morgan fingerprint density at radius 2 is 1.04 bits per heavy atom. The number of benzene rings is 8. The zero-order chi connectivity index (χ0) is 52.6. The Hall–Kier alpha value is -9.10. The average molecular weight is 1050 g/mol. The molecule has 3 heterocycles. The van der Waals surface area contributed by atoms with Crippen LogP contribution in [0, 0.1) is 0 Å². The first-order valence-electron chi connectivity index (χ1n) is 25.1. The summed E-state index contributed by atoms with van der Waals surface area (Å²) < 4.78 is 6.32. The van der Waals surface area contributed by atoms with Gasteiger partial charge in [-0.2, -0.15) is 0 Å². The minimum absolute atomic E-state index is 0.0839. The number of aromatic nitrogens is 1. The third-order valence-corrected chi connectivity index (χ3v) is 15.9. The lowest BCUT2D eigenvalue weighted by atomic mass is 9.77. The second kappa shape index (κ2) is 22.4. The smallest absolute Gasteiger partial charge is 0.356 e. The van der Waals surface area contributed by atoms with Gasteiger partial charge in [0.05, 0.1) is 0 Å². The Morgan fingerprint density at radius 3 is 1.47 bits per heavy atom. The van der Waals surface area contributed by atoms with Crippen LogP contribution in [0.4, 0.5) is 5.13 Å². The SMILES string of the molecule is C=CC1=C(C(=O)OC(c2ccccc2)c2ccccc2)N2C(=O)C(NC(=O)/C(=N\OC(c3ccccc3)(c3ccccc3)c3ccccc3)c3csc(NC(c4ccccc4)(c4ccccc4)c4ccccc4)n3)[C@@H]2SC1. The van der Waals surface area contributed by atoms with Gasteiger partial charge in [-0.1, -0.05) is 260 Å². The largest absolute Gasteiger partial charge is 0.448 e. The van der Waals surface area contributed by atoms with Crippen molar-refractivity contribution in [2.45, 2.75) is 28.7 Å². The number of ether oxygens (including phenoxy) is 1. The highest BCUT2D eigenvalue weighted by atomic mass is 32.2. The van der Waals surface area contributed by atoms with Crippen LogP contribution >= 0.6 is 23.1 Å². The third kappa shape index (κ3) is 9.76. The number of anilines is 1. The van der Waals surface area contributed by atoms with Gasteiger partial charge in [-0.25, -0.2) is 9.78 Å². The van der Waals surface area contributed by atoms with Crippen molar-refractivity contribution in [2.75, 3.05) is 11.1 Å². The van der Waals surface area contributed by atoms with E-state index in [4.69, 9.17) is 19.7 Å². The summed E-state index contributed by atoms with van der Waals surface area (Å²) in [5.74, 6) is -1.55. The number of thioether (sulfide) groups is 1. The van der Waals surface area contributed by atoms with Crippen molar-refractivity contribution in [2.24, 2.45) is 5.16 Å². The first-order chi connectivity index (χ1) is 37.9. The average Bonchev–Trinajstić information content (AvgIpc) is 4.02. The number of carbonyl (C=O) groups excluding carboxylic acids is 3. The molecule has 2 aliphatic heterocycles. The molecule has 77 heavy (non-hydrogen) atoms. The molecular formula is C65H51N5O5S2. The third-order valence-electron chi connectivity index (χ3n) is 13.8. The molecule has 0 aliphatic carbocycles. The molecule has 8 aromatic carbocycles. The summed E-state index contributed by atoms with van der Waals surface area (Å²) in [6, 6.07) is 77.6. The van der Waals surface area contributed by atoms with Crippen molar-refractivity contribution in [3.05, 3.63) is 322 Å². The van der Waals surface area contributed by atoms with Crippen LogP contribution in [-0.4, -0.2) is 50.5 Å². The fraction of sp³-hybridized carbons (Fsp3) is 0.0923. The standard InChI is InChI=1S/C65H51N5O5S2/c1-2-45-43-76-61-56(60(72)70(61)57(45)62(73)74-58(46-27-11-3-12-28-46)47-29-13-4-14-30-47)67-59(71)55(69-75-65(51-37-21-8-22-38-51,52-39-23-9-24-40-52)53-41-25-10-26-42-53)54-44-77-63(66-54)68-64(48-31-15-5-16-32-48,49-33-17-6-18-34-49)50-35-19-7-20-36-50/h2-42,44,56,58,61H,1,43H2,(H,66,68)(H,67,71)/b69-55-/t56?,61-/m0/s1. The van der Waals surface area contributed by atoms with Crippen molar-refractivity contribution in [3.63, 3.8) is 0 Å². The van der Waals surface area contributed by atoms with Crippen molar-refractivity contribution < 1.29 is 24.0 Å². The van der Waals surface area contributed by atoms with Crippen molar-refractivity contribution >= 4 is 51.7 Å². The van der Waals surface area contributed by atoms with Gasteiger partial charge in [-0.3, -0.25) is 14.5 Å². The van der Waals surface area contributed by atoms with Gasteiger partial charge in [0.2, 0.25) is 5.60 Å². The second-order valence-corrected chi connectivity index (χ2v) is 20.3. The van der Waals surface area contributed by atoms with Gasteiger partial charge in [-0.15, -0.1) is 23.1 Å². The maximum atomic E-state index is 15.4. The van der Waals surface area contributed by atoms with E-state index in [9.17, 15) is 9.59 Å². The van der Waals surface area contributed by atoms with Gasteiger partial charge in [0.25, 0.3) is 11.8 Å². The minimum Gasteiger partial charge on any atom is -0.448 e. The van der Waals surface area contributed by atoms with E-state index in [2.05, 4.69) is 53.6 Å². The summed E-state index contributed by atoms with van der Waals surface area (Å²) in [4.78, 5) is 58.1. The van der Waals surface area contributed by atoms with Crippen molar-refractivity contribution in [1.29, 1.82) is 0 Å². The number of esters is 1. The predicted octanol–water partition coefficient (Wildman–Crippen LogP) is 12.4. The number of hydrogen-bond acceptors (Lipinski definition) is 10. The molecule has 0 spiro atoms. The van der Waals surface area contributed by atoms with Crippen LogP contribution in [0.25, 0.3) is 0 Å². The summed E-state index contributed by atoms with van der Waals surface area (Å²) >= 11 is 2.72. The van der Waals surface area contributed by atoms with E-state index >= 15 is 4.79 Å². The molecule has 2 aliphatic rings. The van der Waals surface area contributed by atoms with Gasteiger partial charge < -0.3 is 20.2 Å². The summed E-state index contributed by atoms with van der Waals surface area (Å²) in [6.07, 6.45) is 0.822. The summed E-state index contributed by atoms with van der Waals surface area (Å²) in [7, 11) is 0. The second-order valence-electron chi connectivity index (χ2n) is 18.4. The lowest BCUT2D eigenvalue weighted by Gasteiger charge is -2.49. The zero-order valence-corrected chi connectivity index (χ0v) is 43.2. The highest BCUT2D eigenvalue weighted by Gasteiger charge is 2.55. The molecule has 1 unspecified atom stereocenters. The molecular weight excluding hydrogens is 995 g/mol. The lowest BCUT2D eigenvalue weighted by Crippen LogP contribution is -2.71. The number of hydrogen-bond donors (Lipinski definition) is 2. The lowest BCUT2D eigenvalue weighted by molar-refractivity contribution is -0.154. The van der Waals surface area contributed by atoms with Crippen molar-refractivity contribution in [1.82, 2.24) is 15.2 Å². The monoisotopic (exact) mass is 1050 g/mol. The van der Waals surface area contributed by atoms with Gasteiger partial charge in [0.15, 0.2) is 16.9 Å². The molecule has 10 nitrogen and oxygen atoms in total. The highest BCUT2D eigenvalue weighted by molar-refractivity contribution is 8.00. The first-order valence-corrected chi connectivity index (χ1v) is 27.1. The van der Waals surface area contributed by atoms with Crippen LogP contribution in [0.3, 0.4) is 0 Å². The summed E-state index contributed by atoms with van der Waals surface area (Å²) in [5.41, 5.74) is 5.07. The molecule has 1 saturated heterocycles. The van der Waals surface area contributed by atoms with Gasteiger partial charge in [0.1, 0.15) is 28.3 Å². The maximum Gasteiger partial charge on any atom is 0.356 e. The normalized spacial score (nSPS) is 15.5. The minimum atomic E-state index is -1.36. The number of allylic oxidation sites excluding steroid dienone is 1. The fourth-order valence-electron chi connectivity index (χ4n) is 10.1. The van der Waals surface area contributed by atoms with E-state index in [1.807, 2.05) is 206 Å². The Bertz CT molecular complexity index is 3340. The van der Waals surface area contributed by atoms with E-state index in [1.54, 1.807) is 11.5 Å². The topological polar surface area (TPSA) is 122 Å². The van der Waals surface area contributed by atoms with E-state index in [0.29, 0.717) is 16.5 Å². The van der Waals surface area contributed by atoms with Crippen LogP contribution in [0.2, 0.25) is 0 Å². The van der Waals surface area contributed by atoms with Crippen LogP contribution < -0.4 is 10.6 Å². The predicted molar refractivity (Wildman–Crippen MR) is 305 cm³/mol. The first kappa shape index (κ1) is 50.1. The quantitative estimate of drug-likeness (QED) is 0.0286. The van der Waals surface area contributed by atoms with Crippen LogP contribution in [0.15, 0.2) is 277 Å². The molecule has 12 heteroatoms. The molecule has 0 radical (unpaired) electrons. The number of fused-ring (bicyclic) bond motifs is 1. The highest BCUT2D eigenvalue weighted by Crippen LogP contribution is 2.45. The number of rotatable bonds is 18. The van der Waals surface area contributed by atoms with E-state index in [-0.39, 0.29) is 17.1 Å². The molecule has 9 aromatic rings. The molecule has 0 bridgehead atoms. The Balaban J connectivity index is 0.980. The number of nitrogens with zero attached hydrogens (tertiary/aromatic N) is 3. The number of β-lactam (4-membered cyclic amide) rings is 1. The van der Waals surface area contributed by atoms with Crippen LogP contribution in [0.1, 0.15) is 56.3 Å². The van der Waals surface area contributed by atoms with E-state index in [1.165, 1.54) is 28.0 Å². The molecule has 1 aromatic heterocycles. The molecule has 378 valence electrons. The number of oxime groups is 1. The number of amides is 2. The number of carbonyl (C=O) groups is 3. The van der Waals surface area contributed by atoms with Gasteiger partial charge >= 0.3 is 5.97 Å². The van der Waals surface area contributed by atoms with E-state index < -0.39 is 46.4 Å². The molecule has 11 rings (SSSR count). The number of nitrogens with one attached hydrogen (secondary N) is 2. The molecule has 2 N–H and O–H groups in total.